The molecule has 4 heteroatoms. The Morgan fingerprint density at radius 3 is 2.20 bits per heavy atom. The molecule has 0 amide bonds. The molecule has 0 atom stereocenters. The van der Waals surface area contributed by atoms with Crippen LogP contribution in [0.3, 0.4) is 0 Å². The van der Waals surface area contributed by atoms with Crippen molar-refractivity contribution < 1.29 is 9.47 Å². The van der Waals surface area contributed by atoms with Crippen LogP contribution in [0, 0.1) is 6.92 Å². The highest BCUT2D eigenvalue weighted by Crippen LogP contribution is 2.24. The lowest BCUT2D eigenvalue weighted by molar-refractivity contribution is 0.238. The summed E-state index contributed by atoms with van der Waals surface area (Å²) in [5.74, 6) is 3.32. The van der Waals surface area contributed by atoms with Gasteiger partial charge in [-0.1, -0.05) is 30.3 Å². The zero-order chi connectivity index (χ0) is 17.1. The molecule has 0 saturated carbocycles. The Morgan fingerprint density at radius 1 is 0.760 bits per heavy atom. The molecule has 0 fully saturated rings. The molecule has 0 saturated heterocycles. The van der Waals surface area contributed by atoms with Gasteiger partial charge in [-0.25, -0.2) is 4.98 Å². The molecule has 0 aliphatic heterocycles. The first-order chi connectivity index (χ1) is 12.3. The van der Waals surface area contributed by atoms with Gasteiger partial charge in [-0.15, -0.1) is 0 Å². The standard InChI is InChI=1S/C21H18N2O2/c1-16-22-20-9-5-6-10-21(20)23(16)15-24-17-11-13-19(14-12-17)25-18-7-3-2-4-8-18/h2-14H,15H2,1H3. The van der Waals surface area contributed by atoms with Crippen LogP contribution in [0.5, 0.6) is 17.2 Å². The zero-order valence-corrected chi connectivity index (χ0v) is 13.9. The molecular formula is C21H18N2O2. The number of ether oxygens (including phenoxy) is 2. The highest BCUT2D eigenvalue weighted by molar-refractivity contribution is 5.75. The normalized spacial score (nSPS) is 10.8. The Morgan fingerprint density at radius 2 is 1.40 bits per heavy atom. The van der Waals surface area contributed by atoms with E-state index in [4.69, 9.17) is 9.47 Å². The number of aromatic nitrogens is 2. The Balaban J connectivity index is 1.45. The van der Waals surface area contributed by atoms with Gasteiger partial charge in [0.05, 0.1) is 11.0 Å². The van der Waals surface area contributed by atoms with Crippen LogP contribution >= 0.6 is 0 Å². The van der Waals surface area contributed by atoms with Crippen LogP contribution < -0.4 is 9.47 Å². The fourth-order valence-electron chi connectivity index (χ4n) is 2.73. The lowest BCUT2D eigenvalue weighted by atomic mass is 10.3. The second-order valence-electron chi connectivity index (χ2n) is 5.74. The Kier molecular flexibility index (Phi) is 4.09. The van der Waals surface area contributed by atoms with Crippen LogP contribution in [0.15, 0.2) is 78.9 Å². The minimum atomic E-state index is 0.422. The maximum atomic E-state index is 5.91. The number of hydrogen-bond acceptors (Lipinski definition) is 3. The summed E-state index contributed by atoms with van der Waals surface area (Å²) >= 11 is 0. The van der Waals surface area contributed by atoms with Gasteiger partial charge in [-0.3, -0.25) is 4.57 Å². The lowest BCUT2D eigenvalue weighted by Crippen LogP contribution is -2.06. The van der Waals surface area contributed by atoms with Crippen molar-refractivity contribution in [3.8, 4) is 17.2 Å². The molecule has 4 nitrogen and oxygen atoms in total. The van der Waals surface area contributed by atoms with Gasteiger partial charge < -0.3 is 9.47 Å². The van der Waals surface area contributed by atoms with Gasteiger partial charge in [0.25, 0.3) is 0 Å². The molecule has 0 aliphatic rings. The molecule has 3 aromatic carbocycles. The summed E-state index contributed by atoms with van der Waals surface area (Å²) in [6, 6.07) is 25.4. The minimum absolute atomic E-state index is 0.422. The van der Waals surface area contributed by atoms with Crippen molar-refractivity contribution in [2.24, 2.45) is 0 Å². The van der Waals surface area contributed by atoms with Crippen LogP contribution in [0.2, 0.25) is 0 Å². The van der Waals surface area contributed by atoms with E-state index in [1.165, 1.54) is 0 Å². The fraction of sp³-hybridized carbons (Fsp3) is 0.0952. The molecule has 0 bridgehead atoms. The number of para-hydroxylation sites is 3. The Labute approximate surface area is 146 Å². The second kappa shape index (κ2) is 6.69. The van der Waals surface area contributed by atoms with E-state index in [0.29, 0.717) is 6.73 Å². The molecule has 0 spiro atoms. The predicted molar refractivity (Wildman–Crippen MR) is 98.1 cm³/mol. The summed E-state index contributed by atoms with van der Waals surface area (Å²) in [6.07, 6.45) is 0. The molecule has 0 aliphatic carbocycles. The Hall–Kier alpha value is -3.27. The van der Waals surface area contributed by atoms with E-state index in [1.54, 1.807) is 0 Å². The molecule has 0 N–H and O–H groups in total. The molecule has 25 heavy (non-hydrogen) atoms. The SMILES string of the molecule is Cc1nc2ccccc2n1COc1ccc(Oc2ccccc2)cc1. The minimum Gasteiger partial charge on any atom is -0.473 e. The average Bonchev–Trinajstić information content (AvgIpc) is 2.97. The smallest absolute Gasteiger partial charge is 0.166 e. The fourth-order valence-corrected chi connectivity index (χ4v) is 2.73. The van der Waals surface area contributed by atoms with E-state index in [9.17, 15) is 0 Å². The summed E-state index contributed by atoms with van der Waals surface area (Å²) in [6.45, 7) is 2.41. The van der Waals surface area contributed by atoms with Gasteiger partial charge in [-0.2, -0.15) is 0 Å². The monoisotopic (exact) mass is 330 g/mol. The number of nitrogens with zero attached hydrogens (tertiary/aromatic N) is 2. The number of rotatable bonds is 5. The largest absolute Gasteiger partial charge is 0.473 e. The van der Waals surface area contributed by atoms with Crippen molar-refractivity contribution in [2.75, 3.05) is 0 Å². The van der Waals surface area contributed by atoms with Crippen molar-refractivity contribution in [3.05, 3.63) is 84.7 Å². The molecular weight excluding hydrogens is 312 g/mol. The van der Waals surface area contributed by atoms with Crippen LogP contribution in [-0.2, 0) is 6.73 Å². The molecule has 1 heterocycles. The molecule has 4 aromatic rings. The maximum Gasteiger partial charge on any atom is 0.166 e. The van der Waals surface area contributed by atoms with E-state index in [1.807, 2.05) is 79.7 Å². The number of fused-ring (bicyclic) bond motifs is 1. The second-order valence-corrected chi connectivity index (χ2v) is 5.74. The summed E-state index contributed by atoms with van der Waals surface area (Å²) in [5, 5.41) is 0. The highest BCUT2D eigenvalue weighted by atomic mass is 16.5. The molecule has 4 rings (SSSR count). The number of imidazole rings is 1. The summed E-state index contributed by atoms with van der Waals surface area (Å²) < 4.78 is 13.8. The van der Waals surface area contributed by atoms with Crippen molar-refractivity contribution >= 4 is 11.0 Å². The Bertz CT molecular complexity index is 976. The molecule has 124 valence electrons. The van der Waals surface area contributed by atoms with E-state index in [2.05, 4.69) is 15.6 Å². The van der Waals surface area contributed by atoms with Gasteiger partial charge in [0.2, 0.25) is 0 Å². The van der Waals surface area contributed by atoms with Crippen LogP contribution in [0.1, 0.15) is 5.82 Å². The quantitative estimate of drug-likeness (QED) is 0.506. The third-order valence-corrected chi connectivity index (χ3v) is 4.01. The van der Waals surface area contributed by atoms with Gasteiger partial charge in [0.15, 0.2) is 6.73 Å². The summed E-state index contributed by atoms with van der Waals surface area (Å²) in [4.78, 5) is 4.55. The zero-order valence-electron chi connectivity index (χ0n) is 13.9. The third-order valence-electron chi connectivity index (χ3n) is 4.01. The van der Waals surface area contributed by atoms with Crippen molar-refractivity contribution in [2.45, 2.75) is 13.7 Å². The van der Waals surface area contributed by atoms with Crippen LogP contribution in [-0.4, -0.2) is 9.55 Å². The van der Waals surface area contributed by atoms with Gasteiger partial charge in [-0.05, 0) is 55.5 Å². The lowest BCUT2D eigenvalue weighted by Gasteiger charge is -2.10. The molecule has 1 aromatic heterocycles. The van der Waals surface area contributed by atoms with Crippen molar-refractivity contribution in [1.82, 2.24) is 9.55 Å². The number of aryl methyl sites for hydroxylation is 1. The predicted octanol–water partition coefficient (Wildman–Crippen LogP) is 5.17. The van der Waals surface area contributed by atoms with Crippen LogP contribution in [0.25, 0.3) is 11.0 Å². The van der Waals surface area contributed by atoms with E-state index >= 15 is 0 Å². The van der Waals surface area contributed by atoms with Crippen LogP contribution in [0.4, 0.5) is 0 Å². The van der Waals surface area contributed by atoms with Gasteiger partial charge in [0.1, 0.15) is 23.1 Å². The van der Waals surface area contributed by atoms with Crippen molar-refractivity contribution in [1.29, 1.82) is 0 Å². The molecule has 0 radical (unpaired) electrons. The van der Waals surface area contributed by atoms with Crippen molar-refractivity contribution in [3.63, 3.8) is 0 Å². The van der Waals surface area contributed by atoms with E-state index in [-0.39, 0.29) is 0 Å². The maximum absolute atomic E-state index is 5.91. The first-order valence-corrected chi connectivity index (χ1v) is 8.17. The van der Waals surface area contributed by atoms with Gasteiger partial charge in [0, 0.05) is 0 Å². The summed E-state index contributed by atoms with van der Waals surface area (Å²) in [7, 11) is 0. The third kappa shape index (κ3) is 3.33. The highest BCUT2D eigenvalue weighted by Gasteiger charge is 2.07. The van der Waals surface area contributed by atoms with Gasteiger partial charge >= 0.3 is 0 Å². The average molecular weight is 330 g/mol. The first kappa shape index (κ1) is 15.3. The first-order valence-electron chi connectivity index (χ1n) is 8.17. The number of benzene rings is 3. The van der Waals surface area contributed by atoms with E-state index in [0.717, 1.165) is 34.1 Å². The number of hydrogen-bond donors (Lipinski definition) is 0. The molecule has 0 unspecified atom stereocenters. The summed E-state index contributed by atoms with van der Waals surface area (Å²) in [5.41, 5.74) is 2.05. The topological polar surface area (TPSA) is 36.3 Å². The van der Waals surface area contributed by atoms with E-state index < -0.39 is 0 Å².